The van der Waals surface area contributed by atoms with Crippen molar-refractivity contribution in [2.24, 2.45) is 0 Å². The number of anilines is 2. The third-order valence-corrected chi connectivity index (χ3v) is 6.57. The van der Waals surface area contributed by atoms with Gasteiger partial charge in [-0.25, -0.2) is 4.79 Å². The molecule has 1 N–H and O–H groups in total. The Balaban J connectivity index is 1.44. The topological polar surface area (TPSA) is 75.7 Å². The average molecular weight is 396 g/mol. The summed E-state index contributed by atoms with van der Waals surface area (Å²) in [4.78, 5) is 38.8. The summed E-state index contributed by atoms with van der Waals surface area (Å²) >= 11 is 1.32. The van der Waals surface area contributed by atoms with E-state index in [-0.39, 0.29) is 12.3 Å². The van der Waals surface area contributed by atoms with Crippen molar-refractivity contribution in [2.45, 2.75) is 36.5 Å². The molecular weight excluding hydrogens is 376 g/mol. The summed E-state index contributed by atoms with van der Waals surface area (Å²) in [6, 6.07) is 13.0. The molecule has 2 aromatic rings. The van der Waals surface area contributed by atoms with Crippen molar-refractivity contribution in [2.75, 3.05) is 16.8 Å². The molecule has 0 aromatic heterocycles. The van der Waals surface area contributed by atoms with E-state index >= 15 is 0 Å². The SMILES string of the molecule is Cc1ccc(NC(=O)COC(=O)[C@]23CCC(=O)N2c2ccccc2S3)cc1C. The summed E-state index contributed by atoms with van der Waals surface area (Å²) in [6.45, 7) is 3.56. The number of nitrogens with one attached hydrogen (secondary N) is 1. The van der Waals surface area contributed by atoms with Gasteiger partial charge in [0.25, 0.3) is 5.91 Å². The van der Waals surface area contributed by atoms with Crippen molar-refractivity contribution < 1.29 is 19.1 Å². The fourth-order valence-corrected chi connectivity index (χ4v) is 4.94. The van der Waals surface area contributed by atoms with Gasteiger partial charge in [0.2, 0.25) is 5.91 Å². The maximum absolute atomic E-state index is 12.9. The number of amides is 2. The number of carbonyl (C=O) groups is 3. The van der Waals surface area contributed by atoms with Crippen LogP contribution < -0.4 is 10.2 Å². The van der Waals surface area contributed by atoms with Crippen molar-refractivity contribution in [1.29, 1.82) is 0 Å². The van der Waals surface area contributed by atoms with Gasteiger partial charge < -0.3 is 10.1 Å². The first-order valence-electron chi connectivity index (χ1n) is 9.06. The minimum atomic E-state index is -1.11. The number of benzene rings is 2. The Labute approximate surface area is 167 Å². The van der Waals surface area contributed by atoms with E-state index in [1.807, 2.05) is 56.3 Å². The Morgan fingerprint density at radius 3 is 2.75 bits per heavy atom. The molecule has 0 saturated carbocycles. The third-order valence-electron chi connectivity index (χ3n) is 5.12. The minimum absolute atomic E-state index is 0.103. The molecule has 0 unspecified atom stereocenters. The van der Waals surface area contributed by atoms with E-state index in [1.54, 1.807) is 0 Å². The second-order valence-electron chi connectivity index (χ2n) is 7.01. The molecule has 2 amide bonds. The van der Waals surface area contributed by atoms with E-state index in [2.05, 4.69) is 5.32 Å². The Morgan fingerprint density at radius 1 is 1.18 bits per heavy atom. The van der Waals surface area contributed by atoms with Crippen LogP contribution in [0.1, 0.15) is 24.0 Å². The van der Waals surface area contributed by atoms with Crippen LogP contribution in [0.25, 0.3) is 0 Å². The standard InChI is InChI=1S/C21H20N2O4S/c1-13-7-8-15(11-14(13)2)22-18(24)12-27-20(26)21-10-9-19(25)23(21)16-5-3-4-6-17(16)28-21/h3-8,11H,9-10,12H2,1-2H3,(H,22,24)/t21-/m1/s1. The molecule has 28 heavy (non-hydrogen) atoms. The predicted molar refractivity (Wildman–Crippen MR) is 107 cm³/mol. The quantitative estimate of drug-likeness (QED) is 0.802. The van der Waals surface area contributed by atoms with E-state index < -0.39 is 23.4 Å². The highest BCUT2D eigenvalue weighted by atomic mass is 32.2. The van der Waals surface area contributed by atoms with E-state index in [0.717, 1.165) is 21.7 Å². The fourth-order valence-electron chi connectivity index (χ4n) is 3.53. The van der Waals surface area contributed by atoms with Crippen LogP contribution in [0.3, 0.4) is 0 Å². The van der Waals surface area contributed by atoms with Crippen molar-refractivity contribution in [3.05, 3.63) is 53.6 Å². The van der Waals surface area contributed by atoms with Crippen LogP contribution in [-0.2, 0) is 19.1 Å². The molecule has 0 bridgehead atoms. The van der Waals surface area contributed by atoms with Crippen LogP contribution in [-0.4, -0.2) is 29.3 Å². The van der Waals surface area contributed by atoms with E-state index in [9.17, 15) is 14.4 Å². The fraction of sp³-hybridized carbons (Fsp3) is 0.286. The minimum Gasteiger partial charge on any atom is -0.453 e. The number of thioether (sulfide) groups is 1. The van der Waals surface area contributed by atoms with Gasteiger partial charge in [0.1, 0.15) is 0 Å². The molecule has 1 saturated heterocycles. The molecule has 0 aliphatic carbocycles. The summed E-state index contributed by atoms with van der Waals surface area (Å²) in [6.07, 6.45) is 0.647. The lowest BCUT2D eigenvalue weighted by atomic mass is 10.1. The molecule has 2 aliphatic rings. The summed E-state index contributed by atoms with van der Waals surface area (Å²) < 4.78 is 5.33. The normalized spacial score (nSPS) is 19.9. The van der Waals surface area contributed by atoms with Crippen LogP contribution in [0, 0.1) is 13.8 Å². The number of ether oxygens (including phenoxy) is 1. The Bertz CT molecular complexity index is 990. The molecule has 1 atom stereocenters. The zero-order valence-electron chi connectivity index (χ0n) is 15.7. The zero-order valence-corrected chi connectivity index (χ0v) is 16.5. The van der Waals surface area contributed by atoms with Crippen LogP contribution in [0.4, 0.5) is 11.4 Å². The number of hydrogen-bond donors (Lipinski definition) is 1. The zero-order chi connectivity index (χ0) is 19.9. The second kappa shape index (κ2) is 6.98. The van der Waals surface area contributed by atoms with E-state index in [1.165, 1.54) is 16.7 Å². The molecule has 4 rings (SSSR count). The van der Waals surface area contributed by atoms with Gasteiger partial charge in [-0.05, 0) is 49.2 Å². The second-order valence-corrected chi connectivity index (χ2v) is 8.33. The molecule has 2 aliphatic heterocycles. The van der Waals surface area contributed by atoms with Crippen LogP contribution in [0.5, 0.6) is 0 Å². The molecule has 144 valence electrons. The van der Waals surface area contributed by atoms with Gasteiger partial charge in [0.15, 0.2) is 11.5 Å². The van der Waals surface area contributed by atoms with Gasteiger partial charge in [-0.3, -0.25) is 14.5 Å². The Morgan fingerprint density at radius 2 is 1.96 bits per heavy atom. The smallest absolute Gasteiger partial charge is 0.344 e. The molecule has 1 fully saturated rings. The van der Waals surface area contributed by atoms with Gasteiger partial charge >= 0.3 is 5.97 Å². The molecule has 0 spiro atoms. The Hall–Kier alpha value is -2.80. The lowest BCUT2D eigenvalue weighted by Gasteiger charge is -2.28. The first-order chi connectivity index (χ1) is 13.4. The lowest BCUT2D eigenvalue weighted by Crippen LogP contribution is -2.48. The summed E-state index contributed by atoms with van der Waals surface area (Å²) in [7, 11) is 0. The number of para-hydroxylation sites is 1. The van der Waals surface area contributed by atoms with Crippen LogP contribution in [0.2, 0.25) is 0 Å². The number of hydrogen-bond acceptors (Lipinski definition) is 5. The van der Waals surface area contributed by atoms with Crippen molar-refractivity contribution in [3.8, 4) is 0 Å². The number of aryl methyl sites for hydroxylation is 2. The largest absolute Gasteiger partial charge is 0.453 e. The number of carbonyl (C=O) groups excluding carboxylic acids is 3. The van der Waals surface area contributed by atoms with Crippen LogP contribution >= 0.6 is 11.8 Å². The number of rotatable bonds is 4. The summed E-state index contributed by atoms with van der Waals surface area (Å²) in [5.41, 5.74) is 3.58. The number of fused-ring (bicyclic) bond motifs is 3. The lowest BCUT2D eigenvalue weighted by molar-refractivity contribution is -0.149. The maximum atomic E-state index is 12.9. The molecule has 2 heterocycles. The maximum Gasteiger partial charge on any atom is 0.344 e. The van der Waals surface area contributed by atoms with Gasteiger partial charge in [-0.2, -0.15) is 0 Å². The van der Waals surface area contributed by atoms with Crippen molar-refractivity contribution >= 4 is 40.9 Å². The molecular formula is C21H20N2O4S. The van der Waals surface area contributed by atoms with E-state index in [0.29, 0.717) is 12.1 Å². The highest BCUT2D eigenvalue weighted by Crippen LogP contribution is 2.56. The summed E-state index contributed by atoms with van der Waals surface area (Å²) in [5, 5.41) is 2.74. The molecule has 2 aromatic carbocycles. The number of nitrogens with zero attached hydrogens (tertiary/aromatic N) is 1. The highest BCUT2D eigenvalue weighted by Gasteiger charge is 2.58. The van der Waals surface area contributed by atoms with Crippen molar-refractivity contribution in [1.82, 2.24) is 0 Å². The van der Waals surface area contributed by atoms with E-state index in [4.69, 9.17) is 4.74 Å². The van der Waals surface area contributed by atoms with Crippen molar-refractivity contribution in [3.63, 3.8) is 0 Å². The summed E-state index contributed by atoms with van der Waals surface area (Å²) in [5.74, 6) is -1.08. The third kappa shape index (κ3) is 3.05. The molecule has 6 nitrogen and oxygen atoms in total. The Kier molecular flexibility index (Phi) is 4.63. The first-order valence-corrected chi connectivity index (χ1v) is 9.88. The number of esters is 1. The average Bonchev–Trinajstić information content (AvgIpc) is 3.18. The predicted octanol–water partition coefficient (Wildman–Crippen LogP) is 3.41. The first kappa shape index (κ1) is 18.6. The van der Waals surface area contributed by atoms with Crippen LogP contribution in [0.15, 0.2) is 47.4 Å². The van der Waals surface area contributed by atoms with Gasteiger partial charge in [-0.1, -0.05) is 30.0 Å². The molecule has 0 radical (unpaired) electrons. The van der Waals surface area contributed by atoms with Gasteiger partial charge in [0, 0.05) is 23.4 Å². The van der Waals surface area contributed by atoms with Gasteiger partial charge in [-0.15, -0.1) is 0 Å². The monoisotopic (exact) mass is 396 g/mol. The van der Waals surface area contributed by atoms with Gasteiger partial charge in [0.05, 0.1) is 5.69 Å². The highest BCUT2D eigenvalue weighted by molar-refractivity contribution is 8.02. The molecule has 7 heteroatoms.